The summed E-state index contributed by atoms with van der Waals surface area (Å²) >= 11 is 0. The highest BCUT2D eigenvalue weighted by atomic mass is 16.5. The molecule has 2 heterocycles. The maximum absolute atomic E-state index is 13.0. The Morgan fingerprint density at radius 2 is 1.76 bits per heavy atom. The molecular formula is C18H14N2O5. The molecule has 0 radical (unpaired) electrons. The number of hydrogen-bond donors (Lipinski definition) is 1. The van der Waals surface area contributed by atoms with Crippen LogP contribution in [-0.2, 0) is 9.53 Å². The van der Waals surface area contributed by atoms with Gasteiger partial charge >= 0.3 is 5.97 Å². The topological polar surface area (TPSA) is 90.5 Å². The third-order valence-electron chi connectivity index (χ3n) is 4.32. The van der Waals surface area contributed by atoms with Crippen molar-refractivity contribution in [1.29, 1.82) is 0 Å². The molecule has 0 spiro atoms. The summed E-state index contributed by atoms with van der Waals surface area (Å²) in [6, 6.07) is 9.76. The molecule has 1 aliphatic heterocycles. The summed E-state index contributed by atoms with van der Waals surface area (Å²) in [5.74, 6) is -0.872. The maximum Gasteiger partial charge on any atom is 0.335 e. The number of fused-ring (bicyclic) bond motifs is 4. The van der Waals surface area contributed by atoms with Crippen molar-refractivity contribution in [3.63, 3.8) is 0 Å². The number of hydrogen-bond acceptors (Lipinski definition) is 5. The molecule has 0 aliphatic carbocycles. The number of carbonyl (C=O) groups excluding carboxylic acids is 1. The minimum atomic E-state index is -1.21. The minimum absolute atomic E-state index is 0.116. The van der Waals surface area contributed by atoms with E-state index in [-0.39, 0.29) is 28.7 Å². The molecule has 3 aromatic rings. The molecule has 7 heteroatoms. The monoisotopic (exact) mass is 338 g/mol. The molecule has 1 atom stereocenters. The molecule has 0 bridgehead atoms. The molecule has 0 fully saturated rings. The van der Waals surface area contributed by atoms with Crippen molar-refractivity contribution in [1.82, 2.24) is 9.36 Å². The van der Waals surface area contributed by atoms with E-state index in [9.17, 15) is 19.5 Å². The summed E-state index contributed by atoms with van der Waals surface area (Å²) in [6.45, 7) is 1.76. The number of ether oxygens (including phenoxy) is 1. The lowest BCUT2D eigenvalue weighted by Gasteiger charge is -2.15. The molecule has 7 nitrogen and oxygen atoms in total. The number of rotatable bonds is 2. The zero-order valence-corrected chi connectivity index (χ0v) is 13.3. The second-order valence-corrected chi connectivity index (χ2v) is 5.68. The summed E-state index contributed by atoms with van der Waals surface area (Å²) in [4.78, 5) is 38.4. The lowest BCUT2D eigenvalue weighted by molar-refractivity contribution is -0.146. The highest BCUT2D eigenvalue weighted by molar-refractivity contribution is 5.85. The van der Waals surface area contributed by atoms with Gasteiger partial charge in [0.2, 0.25) is 0 Å². The zero-order valence-electron chi connectivity index (χ0n) is 13.3. The van der Waals surface area contributed by atoms with Crippen LogP contribution < -0.4 is 11.1 Å². The highest BCUT2D eigenvalue weighted by Gasteiger charge is 2.39. The van der Waals surface area contributed by atoms with Crippen LogP contribution in [0.15, 0.2) is 52.1 Å². The Balaban J connectivity index is 2.19. The molecule has 1 unspecified atom stereocenters. The first kappa shape index (κ1) is 15.2. The van der Waals surface area contributed by atoms with Crippen molar-refractivity contribution >= 4 is 16.7 Å². The van der Waals surface area contributed by atoms with Gasteiger partial charge in [-0.05, 0) is 31.2 Å². The predicted octanol–water partition coefficient (Wildman–Crippen LogP) is 1.32. The molecule has 2 aromatic carbocycles. The zero-order chi connectivity index (χ0) is 17.7. The summed E-state index contributed by atoms with van der Waals surface area (Å²) in [5, 5.41) is 10.7. The number of nitrogens with zero attached hydrogens (tertiary/aromatic N) is 2. The van der Waals surface area contributed by atoms with Crippen molar-refractivity contribution in [3.05, 3.63) is 68.7 Å². The van der Waals surface area contributed by atoms with Crippen molar-refractivity contribution in [2.75, 3.05) is 6.61 Å². The summed E-state index contributed by atoms with van der Waals surface area (Å²) < 4.78 is 7.28. The van der Waals surface area contributed by atoms with E-state index in [2.05, 4.69) is 0 Å². The van der Waals surface area contributed by atoms with Gasteiger partial charge in [0.1, 0.15) is 5.75 Å². The van der Waals surface area contributed by atoms with Crippen molar-refractivity contribution in [2.45, 2.75) is 13.0 Å². The third kappa shape index (κ3) is 1.95. The second kappa shape index (κ2) is 5.34. The fraction of sp³-hybridized carbons (Fsp3) is 0.167. The van der Waals surface area contributed by atoms with Gasteiger partial charge in [0.05, 0.1) is 28.6 Å². The number of aromatic hydroxyl groups is 1. The van der Waals surface area contributed by atoms with Gasteiger partial charge in [-0.15, -0.1) is 0 Å². The van der Waals surface area contributed by atoms with Crippen LogP contribution in [-0.4, -0.2) is 27.0 Å². The quantitative estimate of drug-likeness (QED) is 0.712. The Morgan fingerprint density at radius 3 is 2.44 bits per heavy atom. The van der Waals surface area contributed by atoms with E-state index < -0.39 is 23.1 Å². The number of phenolic OH excluding ortho intramolecular Hbond substituents is 1. The Morgan fingerprint density at radius 1 is 1.08 bits per heavy atom. The van der Waals surface area contributed by atoms with Crippen LogP contribution in [0, 0.1) is 0 Å². The summed E-state index contributed by atoms with van der Waals surface area (Å²) in [7, 11) is 0. The summed E-state index contributed by atoms with van der Waals surface area (Å²) in [5.41, 5.74) is -0.445. The van der Waals surface area contributed by atoms with Crippen LogP contribution in [0.2, 0.25) is 0 Å². The van der Waals surface area contributed by atoms with Crippen LogP contribution in [0.4, 0.5) is 0 Å². The van der Waals surface area contributed by atoms with E-state index in [0.717, 1.165) is 9.36 Å². The summed E-state index contributed by atoms with van der Waals surface area (Å²) in [6.07, 6.45) is 0. The fourth-order valence-corrected chi connectivity index (χ4v) is 3.31. The van der Waals surface area contributed by atoms with Crippen LogP contribution in [0.3, 0.4) is 0 Å². The van der Waals surface area contributed by atoms with Gasteiger partial charge in [-0.3, -0.25) is 9.59 Å². The maximum atomic E-state index is 13.0. The van der Waals surface area contributed by atoms with Gasteiger partial charge in [0, 0.05) is 0 Å². The molecule has 4 rings (SSSR count). The first-order chi connectivity index (χ1) is 12.1. The van der Waals surface area contributed by atoms with Gasteiger partial charge in [0.25, 0.3) is 11.1 Å². The third-order valence-corrected chi connectivity index (χ3v) is 4.32. The van der Waals surface area contributed by atoms with Gasteiger partial charge < -0.3 is 9.84 Å². The van der Waals surface area contributed by atoms with E-state index >= 15 is 0 Å². The van der Waals surface area contributed by atoms with E-state index in [1.807, 2.05) is 0 Å². The first-order valence-electron chi connectivity index (χ1n) is 7.81. The van der Waals surface area contributed by atoms with E-state index in [4.69, 9.17) is 4.74 Å². The lowest BCUT2D eigenvalue weighted by Crippen LogP contribution is -2.38. The van der Waals surface area contributed by atoms with E-state index in [0.29, 0.717) is 5.69 Å². The molecule has 0 amide bonds. The van der Waals surface area contributed by atoms with Crippen LogP contribution >= 0.6 is 0 Å². The highest BCUT2D eigenvalue weighted by Crippen LogP contribution is 2.37. The largest absolute Gasteiger partial charge is 0.507 e. The number of aromatic nitrogens is 2. The second-order valence-electron chi connectivity index (χ2n) is 5.68. The van der Waals surface area contributed by atoms with Crippen LogP contribution in [0.1, 0.15) is 18.5 Å². The SMILES string of the molecule is CCOC(=O)C1c2c(O)cccc2-n2c(=O)c3ccccc3c(=O)n21. The molecule has 1 aliphatic rings. The Bertz CT molecular complexity index is 1140. The van der Waals surface area contributed by atoms with Crippen molar-refractivity contribution in [2.24, 2.45) is 0 Å². The molecule has 1 aromatic heterocycles. The Kier molecular flexibility index (Phi) is 3.24. The van der Waals surface area contributed by atoms with Gasteiger partial charge in [0.15, 0.2) is 6.04 Å². The van der Waals surface area contributed by atoms with Crippen molar-refractivity contribution < 1.29 is 14.6 Å². The average Bonchev–Trinajstić information content (AvgIpc) is 2.97. The molecule has 0 saturated heterocycles. The van der Waals surface area contributed by atoms with E-state index in [1.165, 1.54) is 12.1 Å². The molecule has 1 N–H and O–H groups in total. The van der Waals surface area contributed by atoms with Crippen LogP contribution in [0.25, 0.3) is 16.5 Å². The molecule has 25 heavy (non-hydrogen) atoms. The standard InChI is InChI=1S/C18H14N2O5/c1-2-25-18(24)15-14-12(8-5-9-13(14)21)19-16(22)10-6-3-4-7-11(10)17(23)20(15)19/h3-9,15,21H,2H2,1H3. The van der Waals surface area contributed by atoms with Crippen molar-refractivity contribution in [3.8, 4) is 11.4 Å². The fourth-order valence-electron chi connectivity index (χ4n) is 3.31. The molecule has 0 saturated carbocycles. The smallest absolute Gasteiger partial charge is 0.335 e. The van der Waals surface area contributed by atoms with Gasteiger partial charge in [-0.1, -0.05) is 18.2 Å². The van der Waals surface area contributed by atoms with Crippen LogP contribution in [0.5, 0.6) is 5.75 Å². The Hall–Kier alpha value is -3.35. The molecule has 126 valence electrons. The molecular weight excluding hydrogens is 324 g/mol. The van der Waals surface area contributed by atoms with E-state index in [1.54, 1.807) is 37.3 Å². The predicted molar refractivity (Wildman–Crippen MR) is 90.2 cm³/mol. The number of carbonyl (C=O) groups is 1. The Labute approximate surface area is 141 Å². The van der Waals surface area contributed by atoms with Gasteiger partial charge in [-0.25, -0.2) is 14.2 Å². The number of phenols is 1. The van der Waals surface area contributed by atoms with Gasteiger partial charge in [-0.2, -0.15) is 0 Å². The first-order valence-corrected chi connectivity index (χ1v) is 7.81. The number of esters is 1. The number of benzene rings is 2. The minimum Gasteiger partial charge on any atom is -0.507 e. The lowest BCUT2D eigenvalue weighted by atomic mass is 10.1. The normalized spacial score (nSPS) is 15.0. The average molecular weight is 338 g/mol.